The Morgan fingerprint density at radius 3 is 1.20 bits per heavy atom. The number of thiazole rings is 2. The summed E-state index contributed by atoms with van der Waals surface area (Å²) >= 11 is 3.02. The summed E-state index contributed by atoms with van der Waals surface area (Å²) in [5.74, 6) is -3.90. The third-order valence-corrected chi connectivity index (χ3v) is 27.0. The van der Waals surface area contributed by atoms with Crippen molar-refractivity contribution < 1.29 is 81.5 Å². The molecule has 0 aliphatic carbocycles. The molecule has 28 nitrogen and oxygen atoms in total. The molecule has 6 rings (SSSR count). The van der Waals surface area contributed by atoms with Gasteiger partial charge in [0.05, 0.1) is 97.4 Å². The number of likely N-dealkylation sites (N-methyl/N-ethyl adjacent to an activating group) is 4. The summed E-state index contributed by atoms with van der Waals surface area (Å²) in [6.07, 6.45) is 8.98. The van der Waals surface area contributed by atoms with Gasteiger partial charge in [0.2, 0.25) is 35.4 Å². The number of hydrogen-bond donors (Lipinski definition) is 4. The number of nitrogens with zero attached hydrogens (tertiary/aromatic N) is 8. The third kappa shape index (κ3) is 36.0. The molecule has 2 aliphatic rings. The van der Waals surface area contributed by atoms with Crippen LogP contribution >= 0.6 is 22.7 Å². The van der Waals surface area contributed by atoms with Crippen molar-refractivity contribution >= 4 is 81.8 Å². The quantitative estimate of drug-likeness (QED) is 0.0298. The average molecular weight is 1840 g/mol. The van der Waals surface area contributed by atoms with Crippen LogP contribution in [0, 0.1) is 53.3 Å². The van der Waals surface area contributed by atoms with Crippen molar-refractivity contribution in [1.29, 1.82) is 0 Å². The Morgan fingerprint density at radius 1 is 0.519 bits per heavy atom. The number of methoxy groups -OCH3 is 4. The van der Waals surface area contributed by atoms with E-state index in [1.807, 2.05) is 204 Å². The number of Topliss-reactive ketones (excluding diaryl/α,β-unsaturated/α-hetero) is 1. The lowest BCUT2D eigenvalue weighted by atomic mass is 9.83. The first-order chi connectivity index (χ1) is 60.6. The first-order valence-corrected chi connectivity index (χ1v) is 48.5. The highest BCUT2D eigenvalue weighted by molar-refractivity contribution is 7.09. The number of esters is 2. The molecule has 4 aromatic rings. The van der Waals surface area contributed by atoms with Crippen LogP contribution in [0.15, 0.2) is 83.8 Å². The number of amides is 6. The molecule has 5 N–H and O–H groups in total. The van der Waals surface area contributed by atoms with E-state index in [-0.39, 0.29) is 145 Å². The zero-order valence-electron chi connectivity index (χ0n) is 83.2. The van der Waals surface area contributed by atoms with Crippen molar-refractivity contribution in [2.45, 2.75) is 325 Å². The number of ether oxygens (including phenoxy) is 6. The summed E-state index contributed by atoms with van der Waals surface area (Å²) < 4.78 is 34.8. The number of rotatable bonds is 50. The lowest BCUT2D eigenvalue weighted by Gasteiger charge is -2.41. The topological polar surface area (TPSA) is 342 Å². The number of aromatic nitrogens is 2. The fourth-order valence-electron chi connectivity index (χ4n) is 18.0. The van der Waals surface area contributed by atoms with Crippen LogP contribution in [0.25, 0.3) is 0 Å². The molecule has 6 amide bonds. The van der Waals surface area contributed by atoms with Gasteiger partial charge < -0.3 is 69.5 Å². The Labute approximate surface area is 780 Å². The highest BCUT2D eigenvalue weighted by Crippen LogP contribution is 2.35. The summed E-state index contributed by atoms with van der Waals surface area (Å²) in [6, 6.07) is 16.5. The van der Waals surface area contributed by atoms with Crippen LogP contribution in [0.5, 0.6) is 0 Å². The van der Waals surface area contributed by atoms with Crippen molar-refractivity contribution in [2.24, 2.45) is 59.0 Å². The van der Waals surface area contributed by atoms with Gasteiger partial charge in [-0.05, 0) is 167 Å². The number of nitrogens with two attached hydrogens (primary N) is 1. The van der Waals surface area contributed by atoms with Gasteiger partial charge in [0.25, 0.3) is 0 Å². The SMILES string of the molecule is CC(C)[C@@H](C(=O)O)N(C)CCCC(=O)OC(C)(C)C.CC[C@H](C)[C@@H]([C@@H](CC(=O)N1CCC[C@H]1[C@H](OC)[C@@H](C)C(=O)N[C@@H](Cc1ccccc1)c1nccs1)OC)N(C)C(=O)[C@@H](CC(=O)[C@H](C(C)C)N(C)CCCC(=O)OC(C)(C)C)C(C)C.CC[C@H](C)[C@@H]([C@@H](CC(=O)N1CCC[C@H]1[C@H](OC)[C@@H](C)C(=O)N[C@@H](Cc1ccccc1)c1nccs1)OC)N(C)C(=O)[C@@H](N)C(C)C. The Morgan fingerprint density at radius 2 is 0.891 bits per heavy atom. The van der Waals surface area contributed by atoms with Gasteiger partial charge in [0.1, 0.15) is 27.3 Å². The van der Waals surface area contributed by atoms with Crippen LogP contribution in [0.2, 0.25) is 0 Å². The zero-order chi connectivity index (χ0) is 97.1. The van der Waals surface area contributed by atoms with Crippen LogP contribution in [-0.4, -0.2) is 264 Å². The number of nitrogens with one attached hydrogen (secondary N) is 2. The van der Waals surface area contributed by atoms with Crippen LogP contribution in [0.3, 0.4) is 0 Å². The van der Waals surface area contributed by atoms with Crippen LogP contribution in [-0.2, 0) is 89.2 Å². The molecule has 0 bridgehead atoms. The number of carboxylic acid groups (broad SMARTS) is 1. The van der Waals surface area contributed by atoms with Gasteiger partial charge in [-0.2, -0.15) is 0 Å². The highest BCUT2D eigenvalue weighted by Gasteiger charge is 2.47. The number of likely N-dealkylation sites (tertiary alicyclic amines) is 2. The number of ketones is 1. The predicted octanol–water partition coefficient (Wildman–Crippen LogP) is 14.4. The summed E-state index contributed by atoms with van der Waals surface area (Å²) in [5.41, 5.74) is 7.41. The molecule has 0 saturated carbocycles. The van der Waals surface area contributed by atoms with Crippen molar-refractivity contribution in [1.82, 2.24) is 50.0 Å². The molecule has 2 aliphatic heterocycles. The molecular weight excluding hydrogens is 1680 g/mol. The van der Waals surface area contributed by atoms with E-state index in [1.165, 1.54) is 22.7 Å². The molecule has 4 heterocycles. The van der Waals surface area contributed by atoms with E-state index in [2.05, 4.69) is 48.3 Å². The van der Waals surface area contributed by atoms with E-state index in [1.54, 1.807) is 76.7 Å². The fraction of sp³-hybridized carbons (Fsp3) is 0.717. The molecular formula is C99H163N11O17S2. The summed E-state index contributed by atoms with van der Waals surface area (Å²) in [5, 5.41) is 21.1. The van der Waals surface area contributed by atoms with Gasteiger partial charge in [0, 0.05) is 104 Å². The maximum Gasteiger partial charge on any atom is 0.321 e. The predicted molar refractivity (Wildman–Crippen MR) is 510 cm³/mol. The lowest BCUT2D eigenvalue weighted by Crippen LogP contribution is -2.56. The Bertz CT molecular complexity index is 4000. The van der Waals surface area contributed by atoms with E-state index < -0.39 is 83.5 Å². The number of carboxylic acids is 1. The number of carbonyl (C=O) groups is 10. The maximum absolute atomic E-state index is 14.6. The second kappa shape index (κ2) is 55.7. The minimum absolute atomic E-state index is 0.0130. The van der Waals surface area contributed by atoms with Crippen molar-refractivity contribution in [3.63, 3.8) is 0 Å². The molecule has 18 atom stereocenters. The molecule has 2 fully saturated rings. The third-order valence-electron chi connectivity index (χ3n) is 25.2. The Hall–Kier alpha value is -7.68. The van der Waals surface area contributed by atoms with Gasteiger partial charge in [0.15, 0.2) is 5.78 Å². The minimum atomic E-state index is -0.824. The van der Waals surface area contributed by atoms with E-state index in [4.69, 9.17) is 39.3 Å². The van der Waals surface area contributed by atoms with Crippen LogP contribution in [0.4, 0.5) is 0 Å². The van der Waals surface area contributed by atoms with Crippen molar-refractivity contribution in [3.05, 3.63) is 105 Å². The normalized spacial score (nSPS) is 18.1. The van der Waals surface area contributed by atoms with Crippen LogP contribution in [0.1, 0.15) is 255 Å². The number of hydrogen-bond acceptors (Lipinski definition) is 23. The Kier molecular flexibility index (Phi) is 49.1. The average Bonchev–Trinajstić information content (AvgIpc) is 1.48. The van der Waals surface area contributed by atoms with E-state index >= 15 is 0 Å². The second-order valence-corrected chi connectivity index (χ2v) is 40.6. The standard InChI is InChI=1S/C50H81N5O8S.C35H55N5O5S.C14H27NO4/c1-15-34(6)45(54(12)49(60)37(32(2)3)30-40(56)44(33(4)5)53(11)26-20-24-43(58)63-50(8,9)10)41(61-13)31-42(57)55-27-19-23-39(55)46(62-14)35(7)47(59)52-38(48-51-25-28-64-48)29-36-21-17-16-18-22-36;1-9-23(4)31(39(6)35(43)30(36)22(2)3)28(44-7)21-29(41)40-18-13-16-27(40)32(45-8)24(5)33(42)38-26(34-37-17-19-46-34)20-25-14-11-10-12-15-25;1-10(2)12(13(17)18)15(6)9-7-8-11(16)19-14(3,4)5/h16-18,21-22,25,28,32-35,37-39,41,44-46H,15,19-20,23-24,26-27,29-31H2,1-14H3,(H,52,59);10-12,14-15,17,19,22-24,26-28,30-32H,9,13,16,18,20-21,36H2,1-8H3,(H,38,42);10,12H,7-9H2,1-6H3,(H,17,18)/t34-,35+,37-,38-,39-,41+,44-,45-,46+;23-,24+,26-,27-,28+,30-,31-,32+;12-/m000/s1. The first kappa shape index (κ1) is 114. The smallest absolute Gasteiger partial charge is 0.321 e. The molecule has 0 spiro atoms. The summed E-state index contributed by atoms with van der Waals surface area (Å²) in [6.45, 7) is 40.8. The molecule has 2 aromatic carbocycles. The van der Waals surface area contributed by atoms with Gasteiger partial charge >= 0.3 is 17.9 Å². The minimum Gasteiger partial charge on any atom is -0.480 e. The van der Waals surface area contributed by atoms with Gasteiger partial charge in [-0.25, -0.2) is 9.97 Å². The zero-order valence-corrected chi connectivity index (χ0v) is 84.8. The van der Waals surface area contributed by atoms with E-state index in [0.29, 0.717) is 64.7 Å². The molecule has 129 heavy (non-hydrogen) atoms. The highest BCUT2D eigenvalue weighted by atomic mass is 32.1. The monoisotopic (exact) mass is 1840 g/mol. The fourth-order valence-corrected chi connectivity index (χ4v) is 19.4. The van der Waals surface area contributed by atoms with Crippen LogP contribution < -0.4 is 16.4 Å². The van der Waals surface area contributed by atoms with Gasteiger partial charge in [-0.1, -0.05) is 170 Å². The lowest BCUT2D eigenvalue weighted by molar-refractivity contribution is -0.156. The molecule has 2 aromatic heterocycles. The maximum atomic E-state index is 14.6. The first-order valence-electron chi connectivity index (χ1n) is 46.7. The van der Waals surface area contributed by atoms with E-state index in [9.17, 15) is 47.9 Å². The van der Waals surface area contributed by atoms with Crippen molar-refractivity contribution in [2.75, 3.05) is 82.8 Å². The molecule has 2 saturated heterocycles. The van der Waals surface area contributed by atoms with Gasteiger partial charge in [-0.3, -0.25) is 57.7 Å². The largest absolute Gasteiger partial charge is 0.480 e. The summed E-state index contributed by atoms with van der Waals surface area (Å²) in [7, 11) is 13.6. The number of benzene rings is 2. The summed E-state index contributed by atoms with van der Waals surface area (Å²) in [4.78, 5) is 153. The van der Waals surface area contributed by atoms with E-state index in [0.717, 1.165) is 53.2 Å². The number of aliphatic carboxylic acids is 1. The molecule has 728 valence electrons. The Balaban J connectivity index is 0.000000464. The van der Waals surface area contributed by atoms with Crippen molar-refractivity contribution in [3.8, 4) is 0 Å². The molecule has 0 radical (unpaired) electrons. The molecule has 30 heteroatoms. The molecule has 0 unspecified atom stereocenters. The second-order valence-electron chi connectivity index (χ2n) is 38.8. The van der Waals surface area contributed by atoms with Gasteiger partial charge in [-0.15, -0.1) is 22.7 Å². The number of carbonyl (C=O) groups excluding carboxylic acids is 9.